The second-order valence-corrected chi connectivity index (χ2v) is 4.04. The van der Waals surface area contributed by atoms with E-state index in [0.717, 1.165) is 0 Å². The largest absolute Gasteiger partial charge is 0.487 e. The van der Waals surface area contributed by atoms with Crippen molar-refractivity contribution in [2.24, 2.45) is 0 Å². The summed E-state index contributed by atoms with van der Waals surface area (Å²) in [5.41, 5.74) is 1.24. The fourth-order valence-corrected chi connectivity index (χ4v) is 1.46. The molecule has 1 aromatic heterocycles. The minimum atomic E-state index is -1.03. The summed E-state index contributed by atoms with van der Waals surface area (Å²) in [6, 6.07) is 7.62. The summed E-state index contributed by atoms with van der Waals surface area (Å²) in [6.07, 6.45) is 1.26. The lowest BCUT2D eigenvalue weighted by molar-refractivity contribution is 0.0696. The number of carbonyl (C=O) groups is 1. The average molecular weight is 261 g/mol. The second kappa shape index (κ2) is 5.48. The zero-order valence-corrected chi connectivity index (χ0v) is 10.3. The van der Waals surface area contributed by atoms with Gasteiger partial charge in [0.05, 0.1) is 11.3 Å². The van der Waals surface area contributed by atoms with Crippen LogP contribution >= 0.6 is 0 Å². The number of carboxylic acids is 1. The van der Waals surface area contributed by atoms with Crippen molar-refractivity contribution in [3.63, 3.8) is 0 Å². The average Bonchev–Trinajstić information content (AvgIpc) is 2.40. The van der Waals surface area contributed by atoms with E-state index in [-0.39, 0.29) is 18.0 Å². The Balaban J connectivity index is 2.01. The third kappa shape index (κ3) is 3.28. The van der Waals surface area contributed by atoms with Crippen molar-refractivity contribution in [2.75, 3.05) is 0 Å². The van der Waals surface area contributed by atoms with Gasteiger partial charge in [-0.2, -0.15) is 0 Å². The fourth-order valence-electron chi connectivity index (χ4n) is 1.46. The normalized spacial score (nSPS) is 10.2. The van der Waals surface area contributed by atoms with Crippen LogP contribution in [0.3, 0.4) is 0 Å². The van der Waals surface area contributed by atoms with E-state index in [0.29, 0.717) is 17.0 Å². The van der Waals surface area contributed by atoms with Crippen LogP contribution in [0.4, 0.5) is 4.39 Å². The van der Waals surface area contributed by atoms with E-state index in [9.17, 15) is 9.18 Å². The summed E-state index contributed by atoms with van der Waals surface area (Å²) in [4.78, 5) is 14.6. The van der Waals surface area contributed by atoms with E-state index in [1.54, 1.807) is 25.1 Å². The number of aromatic carboxylic acids is 1. The Labute approximate surface area is 109 Å². The van der Waals surface area contributed by atoms with Crippen LogP contribution in [0.1, 0.15) is 21.6 Å². The van der Waals surface area contributed by atoms with Crippen molar-refractivity contribution < 1.29 is 19.0 Å². The van der Waals surface area contributed by atoms with Gasteiger partial charge in [-0.1, -0.05) is 6.07 Å². The highest BCUT2D eigenvalue weighted by molar-refractivity contribution is 5.87. The lowest BCUT2D eigenvalue weighted by atomic mass is 10.2. The quantitative estimate of drug-likeness (QED) is 0.919. The molecule has 0 atom stereocenters. The maximum atomic E-state index is 13.3. The molecule has 0 saturated carbocycles. The number of carboxylic acid groups (broad SMARTS) is 1. The molecule has 0 spiro atoms. The number of rotatable bonds is 4. The van der Waals surface area contributed by atoms with Crippen molar-refractivity contribution in [1.82, 2.24) is 4.98 Å². The number of benzene rings is 1. The first-order valence-corrected chi connectivity index (χ1v) is 5.63. The summed E-state index contributed by atoms with van der Waals surface area (Å²) < 4.78 is 18.7. The minimum absolute atomic E-state index is 0.116. The van der Waals surface area contributed by atoms with Crippen LogP contribution in [0.5, 0.6) is 5.75 Å². The number of halogens is 1. The van der Waals surface area contributed by atoms with Crippen molar-refractivity contribution in [3.8, 4) is 5.75 Å². The van der Waals surface area contributed by atoms with Crippen LogP contribution in [-0.4, -0.2) is 16.1 Å². The van der Waals surface area contributed by atoms with Gasteiger partial charge in [-0.3, -0.25) is 4.98 Å². The van der Waals surface area contributed by atoms with Gasteiger partial charge in [0.25, 0.3) is 0 Å². The molecule has 19 heavy (non-hydrogen) atoms. The molecule has 0 amide bonds. The molecule has 0 bridgehead atoms. The van der Waals surface area contributed by atoms with E-state index < -0.39 is 5.97 Å². The summed E-state index contributed by atoms with van der Waals surface area (Å²) in [6.45, 7) is 1.83. The molecule has 0 radical (unpaired) electrons. The van der Waals surface area contributed by atoms with Gasteiger partial charge < -0.3 is 9.84 Å². The number of hydrogen-bond acceptors (Lipinski definition) is 3. The van der Waals surface area contributed by atoms with Crippen LogP contribution < -0.4 is 4.74 Å². The maximum Gasteiger partial charge on any atom is 0.337 e. The Morgan fingerprint density at radius 2 is 2.16 bits per heavy atom. The third-order valence-corrected chi connectivity index (χ3v) is 2.60. The molecule has 0 unspecified atom stereocenters. The molecule has 1 N–H and O–H groups in total. The summed E-state index contributed by atoms with van der Waals surface area (Å²) in [5.74, 6) is -0.945. The summed E-state index contributed by atoms with van der Waals surface area (Å²) in [7, 11) is 0. The summed E-state index contributed by atoms with van der Waals surface area (Å²) >= 11 is 0. The lowest BCUT2D eigenvalue weighted by Gasteiger charge is -2.06. The SMILES string of the molecule is Cc1ccc(OCc2ccc(C(=O)O)cn2)cc1F. The highest BCUT2D eigenvalue weighted by Crippen LogP contribution is 2.16. The zero-order valence-electron chi connectivity index (χ0n) is 10.3. The Bertz CT molecular complexity index is 596. The Hall–Kier alpha value is -2.43. The zero-order chi connectivity index (χ0) is 13.8. The molecule has 98 valence electrons. The Morgan fingerprint density at radius 1 is 1.37 bits per heavy atom. The van der Waals surface area contributed by atoms with E-state index >= 15 is 0 Å². The van der Waals surface area contributed by atoms with Crippen molar-refractivity contribution in [1.29, 1.82) is 0 Å². The van der Waals surface area contributed by atoms with Gasteiger partial charge in [0, 0.05) is 12.3 Å². The maximum absolute atomic E-state index is 13.3. The van der Waals surface area contributed by atoms with Crippen LogP contribution in [0, 0.1) is 12.7 Å². The third-order valence-electron chi connectivity index (χ3n) is 2.60. The molecule has 2 rings (SSSR count). The molecule has 1 heterocycles. The van der Waals surface area contributed by atoms with Gasteiger partial charge in [0.2, 0.25) is 0 Å². The first-order chi connectivity index (χ1) is 9.06. The van der Waals surface area contributed by atoms with Crippen LogP contribution in [0.25, 0.3) is 0 Å². The standard InChI is InChI=1S/C14H12FNO3/c1-9-2-5-12(6-13(9)15)19-8-11-4-3-10(7-16-11)14(17)18/h2-7H,8H2,1H3,(H,17,18). The number of aromatic nitrogens is 1. The van der Waals surface area contributed by atoms with Gasteiger partial charge in [-0.15, -0.1) is 0 Å². The topological polar surface area (TPSA) is 59.4 Å². The summed E-state index contributed by atoms with van der Waals surface area (Å²) in [5, 5.41) is 8.73. The Kier molecular flexibility index (Phi) is 3.75. The molecule has 0 fully saturated rings. The number of ether oxygens (including phenoxy) is 1. The van der Waals surface area contributed by atoms with Crippen LogP contribution in [0.15, 0.2) is 36.5 Å². The molecule has 0 saturated heterocycles. The van der Waals surface area contributed by atoms with E-state index in [1.807, 2.05) is 0 Å². The molecule has 0 aliphatic heterocycles. The minimum Gasteiger partial charge on any atom is -0.487 e. The van der Waals surface area contributed by atoms with Gasteiger partial charge in [0.15, 0.2) is 0 Å². The van der Waals surface area contributed by atoms with Crippen molar-refractivity contribution in [2.45, 2.75) is 13.5 Å². The van der Waals surface area contributed by atoms with Crippen LogP contribution in [-0.2, 0) is 6.61 Å². The fraction of sp³-hybridized carbons (Fsp3) is 0.143. The smallest absolute Gasteiger partial charge is 0.337 e. The number of hydrogen-bond donors (Lipinski definition) is 1. The van der Waals surface area contributed by atoms with E-state index in [4.69, 9.17) is 9.84 Å². The number of pyridine rings is 1. The molecule has 5 heteroatoms. The van der Waals surface area contributed by atoms with Gasteiger partial charge in [0.1, 0.15) is 18.2 Å². The second-order valence-electron chi connectivity index (χ2n) is 4.04. The molecule has 2 aromatic rings. The number of nitrogens with zero attached hydrogens (tertiary/aromatic N) is 1. The monoisotopic (exact) mass is 261 g/mol. The van der Waals surface area contributed by atoms with Crippen molar-refractivity contribution >= 4 is 5.97 Å². The molecule has 0 aliphatic carbocycles. The highest BCUT2D eigenvalue weighted by atomic mass is 19.1. The highest BCUT2D eigenvalue weighted by Gasteiger charge is 2.04. The van der Waals surface area contributed by atoms with Gasteiger partial charge >= 0.3 is 5.97 Å². The van der Waals surface area contributed by atoms with E-state index in [2.05, 4.69) is 4.98 Å². The lowest BCUT2D eigenvalue weighted by Crippen LogP contribution is -2.02. The van der Waals surface area contributed by atoms with Crippen LogP contribution in [0.2, 0.25) is 0 Å². The molecular weight excluding hydrogens is 249 g/mol. The van der Waals surface area contributed by atoms with E-state index in [1.165, 1.54) is 18.3 Å². The molecule has 1 aromatic carbocycles. The Morgan fingerprint density at radius 3 is 2.74 bits per heavy atom. The van der Waals surface area contributed by atoms with Gasteiger partial charge in [-0.05, 0) is 30.7 Å². The van der Waals surface area contributed by atoms with Crippen molar-refractivity contribution in [3.05, 3.63) is 59.2 Å². The molecule has 0 aliphatic rings. The first-order valence-electron chi connectivity index (χ1n) is 5.63. The number of aryl methyl sites for hydroxylation is 1. The first kappa shape index (κ1) is 13.0. The molecular formula is C14H12FNO3. The predicted octanol–water partition coefficient (Wildman–Crippen LogP) is 2.81. The molecule has 4 nitrogen and oxygen atoms in total. The van der Waals surface area contributed by atoms with Gasteiger partial charge in [-0.25, -0.2) is 9.18 Å². The predicted molar refractivity (Wildman–Crippen MR) is 66.7 cm³/mol.